The largest absolute Gasteiger partial charge is 0.496 e. The zero-order valence-corrected chi connectivity index (χ0v) is 22.3. The lowest BCUT2D eigenvalue weighted by Crippen LogP contribution is -2.06. The van der Waals surface area contributed by atoms with Gasteiger partial charge in [0.25, 0.3) is 5.69 Å². The minimum atomic E-state index is -0.519. The zero-order chi connectivity index (χ0) is 22.8. The van der Waals surface area contributed by atoms with Crippen molar-refractivity contribution in [3.05, 3.63) is 62.6 Å². The fraction of sp³-hybridized carbons (Fsp3) is 0.211. The van der Waals surface area contributed by atoms with Gasteiger partial charge >= 0.3 is 0 Å². The van der Waals surface area contributed by atoms with Crippen LogP contribution in [0.5, 0.6) is 5.75 Å². The quantitative estimate of drug-likeness (QED) is 0.106. The predicted octanol–water partition coefficient (Wildman–Crippen LogP) is 7.55. The minimum Gasteiger partial charge on any atom is -0.496 e. The van der Waals surface area contributed by atoms with Gasteiger partial charge in [-0.05, 0) is 47.0 Å². The molecule has 0 unspecified atom stereocenters. The molecule has 0 saturated heterocycles. The van der Waals surface area contributed by atoms with E-state index in [0.717, 1.165) is 5.56 Å². The van der Waals surface area contributed by atoms with Gasteiger partial charge in [-0.25, -0.2) is 0 Å². The molecule has 1 amide bonds. The Morgan fingerprint density at radius 2 is 2.00 bits per heavy atom. The van der Waals surface area contributed by atoms with Gasteiger partial charge in [0.2, 0.25) is 5.91 Å². The van der Waals surface area contributed by atoms with Crippen molar-refractivity contribution in [3.8, 4) is 5.75 Å². The average molecular weight is 701 g/mol. The Balaban J connectivity index is 0.00000218. The van der Waals surface area contributed by atoms with Crippen LogP contribution in [0.4, 0.5) is 22.7 Å². The molecule has 0 aliphatic rings. The Labute approximate surface area is 206 Å². The number of allylic oxidation sites excluding steroid dienone is 1. The molecule has 2 aromatic carbocycles. The summed E-state index contributed by atoms with van der Waals surface area (Å²) in [4.78, 5) is 22.4. The number of azo groups is 1. The number of nitro benzene ring substituents is 1. The number of amides is 1. The van der Waals surface area contributed by atoms with Gasteiger partial charge in [0.1, 0.15) is 11.4 Å². The van der Waals surface area contributed by atoms with Crippen LogP contribution >= 0.6 is 53.2 Å². The number of nitrogens with zero attached hydrogens (tertiary/aromatic N) is 3. The molecule has 0 aromatic heterocycles. The Bertz CT molecular complexity index is 983. The van der Waals surface area contributed by atoms with Crippen LogP contribution < -0.4 is 10.1 Å². The molecule has 0 spiro atoms. The van der Waals surface area contributed by atoms with E-state index in [0.29, 0.717) is 33.6 Å². The maximum Gasteiger partial charge on any atom is 0.298 e. The molecule has 2 rings (SSSR count). The first-order chi connectivity index (χ1) is 14.3. The molecule has 0 heterocycles. The highest BCUT2D eigenvalue weighted by Crippen LogP contribution is 2.39. The summed E-state index contributed by atoms with van der Waals surface area (Å²) in [6.07, 6.45) is 2.24. The number of hydrogen-bond donors (Lipinski definition) is 1. The number of nitro groups is 1. The summed E-state index contributed by atoms with van der Waals surface area (Å²) < 4.78 is 5.82. The number of nitrogens with one attached hydrogen (secondary N) is 1. The van der Waals surface area contributed by atoms with Gasteiger partial charge in [-0.2, -0.15) is 0 Å². The van der Waals surface area contributed by atoms with Gasteiger partial charge < -0.3 is 10.1 Å². The lowest BCUT2D eigenvalue weighted by Gasteiger charge is -2.12. The van der Waals surface area contributed by atoms with Crippen LogP contribution in [0.2, 0.25) is 0 Å². The fourth-order valence-electron chi connectivity index (χ4n) is 2.55. The number of carbonyl (C=O) groups excluding carboxylic acids is 1. The molecular weight excluding hydrogens is 682 g/mol. The van der Waals surface area contributed by atoms with Crippen LogP contribution in [-0.2, 0) is 11.2 Å². The van der Waals surface area contributed by atoms with Crippen molar-refractivity contribution in [2.45, 2.75) is 20.3 Å². The highest BCUT2D eigenvalue weighted by Gasteiger charge is 2.18. The first-order valence-corrected chi connectivity index (χ1v) is 15.4. The van der Waals surface area contributed by atoms with E-state index in [9.17, 15) is 14.9 Å². The van der Waals surface area contributed by atoms with E-state index < -0.39 is 4.92 Å². The van der Waals surface area contributed by atoms with Crippen LogP contribution in [0.15, 0.2) is 51.6 Å². The number of methoxy groups -OCH3 is 1. The van der Waals surface area contributed by atoms with E-state index in [1.54, 1.807) is 31.2 Å². The normalized spacial score (nSPS) is 10.2. The third-order valence-electron chi connectivity index (χ3n) is 3.72. The fourth-order valence-corrected chi connectivity index (χ4v) is 3.19. The van der Waals surface area contributed by atoms with E-state index in [1.807, 2.05) is 0 Å². The van der Waals surface area contributed by atoms with Crippen molar-refractivity contribution in [1.29, 1.82) is 0 Å². The smallest absolute Gasteiger partial charge is 0.298 e. The van der Waals surface area contributed by atoms with Gasteiger partial charge in [0.05, 0.1) is 22.2 Å². The number of rotatable bonds is 7. The highest BCUT2D eigenvalue weighted by molar-refractivity contribution is 15.0. The summed E-state index contributed by atoms with van der Waals surface area (Å²) >= 11 is 7.54. The van der Waals surface area contributed by atoms with Crippen molar-refractivity contribution in [1.82, 2.24) is 0 Å². The molecule has 0 aliphatic carbocycles. The lowest BCUT2D eigenvalue weighted by molar-refractivity contribution is -0.384. The maximum absolute atomic E-state index is 11.6. The Hall–Kier alpha value is -1.61. The standard InChI is InChI=1S/C19H19BrN4O4.I2/c1-5-6-13-9-15(21-12(3)25)16(10-18(13)28-4)22-23-19-14(20)7-11(2)8-17(19)24(26)27;1-2/h5,7-10H,1,6H2,2-4H3,(H,21,25);. The zero-order valence-electron chi connectivity index (χ0n) is 16.4. The predicted molar refractivity (Wildman–Crippen MR) is 139 cm³/mol. The SMILES string of the molecule is C=CCc1cc(NC(C)=O)c(N=Nc2c(Br)cc(C)cc2[N+](=O)[O-])cc1OC.II. The number of aryl methyl sites for hydroxylation is 1. The Morgan fingerprint density at radius 1 is 1.33 bits per heavy atom. The number of halogens is 3. The van der Waals surface area contributed by atoms with Gasteiger partial charge in [-0.1, -0.05) is 6.08 Å². The van der Waals surface area contributed by atoms with Crippen LogP contribution in [0.25, 0.3) is 0 Å². The molecule has 30 heavy (non-hydrogen) atoms. The first kappa shape index (κ1) is 26.4. The first-order valence-electron chi connectivity index (χ1n) is 8.36. The summed E-state index contributed by atoms with van der Waals surface area (Å²) in [6.45, 7) is 6.83. The molecule has 0 bridgehead atoms. The number of carbonyl (C=O) groups is 1. The topological polar surface area (TPSA) is 106 Å². The van der Waals surface area contributed by atoms with Crippen LogP contribution in [0, 0.1) is 17.0 Å². The van der Waals surface area contributed by atoms with Gasteiger partial charge in [0.15, 0.2) is 5.69 Å². The third kappa shape index (κ3) is 7.27. The van der Waals surface area contributed by atoms with Gasteiger partial charge in [0, 0.05) is 61.9 Å². The van der Waals surface area contributed by atoms with Crippen molar-refractivity contribution < 1.29 is 14.5 Å². The van der Waals surface area contributed by atoms with Gasteiger partial charge in [-0.15, -0.1) is 16.8 Å². The number of hydrogen-bond acceptors (Lipinski definition) is 6. The Kier molecular flexibility index (Phi) is 11.4. The third-order valence-corrected chi connectivity index (χ3v) is 4.32. The molecule has 160 valence electrons. The van der Waals surface area contributed by atoms with E-state index >= 15 is 0 Å². The molecule has 11 heteroatoms. The van der Waals surface area contributed by atoms with Crippen molar-refractivity contribution in [2.75, 3.05) is 12.4 Å². The molecule has 0 atom stereocenters. The van der Waals surface area contributed by atoms with E-state index in [1.165, 1.54) is 20.1 Å². The Morgan fingerprint density at radius 3 is 2.53 bits per heavy atom. The van der Waals surface area contributed by atoms with Gasteiger partial charge in [-0.3, -0.25) is 14.9 Å². The molecule has 0 fully saturated rings. The summed E-state index contributed by atoms with van der Waals surface area (Å²) in [7, 11) is 1.52. The lowest BCUT2D eigenvalue weighted by atomic mass is 10.1. The van der Waals surface area contributed by atoms with Crippen LogP contribution in [0.1, 0.15) is 18.1 Å². The van der Waals surface area contributed by atoms with E-state index in [-0.39, 0.29) is 17.3 Å². The number of anilines is 1. The number of benzene rings is 2. The second-order valence-electron chi connectivity index (χ2n) is 5.93. The molecular formula is C19H19BrI2N4O4. The average Bonchev–Trinajstić information content (AvgIpc) is 2.69. The van der Waals surface area contributed by atoms with Crippen LogP contribution in [-0.4, -0.2) is 17.9 Å². The molecule has 0 aliphatic heterocycles. The molecule has 1 N–H and O–H groups in total. The molecule has 2 aromatic rings. The monoisotopic (exact) mass is 700 g/mol. The van der Waals surface area contributed by atoms with Crippen molar-refractivity contribution in [3.63, 3.8) is 0 Å². The van der Waals surface area contributed by atoms with E-state index in [4.69, 9.17) is 4.74 Å². The molecule has 8 nitrogen and oxygen atoms in total. The summed E-state index contributed by atoms with van der Waals surface area (Å²) in [6, 6.07) is 6.46. The van der Waals surface area contributed by atoms with E-state index in [2.05, 4.69) is 75.3 Å². The summed E-state index contributed by atoms with van der Waals surface area (Å²) in [5.74, 6) is 0.258. The second kappa shape index (κ2) is 12.9. The van der Waals surface area contributed by atoms with Crippen molar-refractivity contribution in [2.24, 2.45) is 10.2 Å². The number of ether oxygens (including phenoxy) is 1. The van der Waals surface area contributed by atoms with Crippen LogP contribution in [0.3, 0.4) is 0 Å². The molecule has 0 saturated carbocycles. The second-order valence-corrected chi connectivity index (χ2v) is 6.78. The maximum atomic E-state index is 11.6. The summed E-state index contributed by atoms with van der Waals surface area (Å²) in [5.41, 5.74) is 2.15. The van der Waals surface area contributed by atoms with Crippen molar-refractivity contribution >= 4 is 81.8 Å². The minimum absolute atomic E-state index is 0.0820. The summed E-state index contributed by atoms with van der Waals surface area (Å²) in [5, 5.41) is 22.3. The molecule has 0 radical (unpaired) electrons. The highest BCUT2D eigenvalue weighted by atomic mass is 128.